The number of carbonyl (C=O) groups excluding carboxylic acids is 1. The van der Waals surface area contributed by atoms with Crippen LogP contribution in [-0.4, -0.2) is 34.7 Å². The third-order valence-electron chi connectivity index (χ3n) is 2.81. The number of nitrogens with two attached hydrogens (primary N) is 1. The topological polar surface area (TPSA) is 72.1 Å². The maximum atomic E-state index is 12.1. The van der Waals surface area contributed by atoms with Crippen molar-refractivity contribution < 1.29 is 4.79 Å². The van der Waals surface area contributed by atoms with Gasteiger partial charge in [0.25, 0.3) is 0 Å². The van der Waals surface area contributed by atoms with Gasteiger partial charge in [-0.2, -0.15) is 0 Å². The van der Waals surface area contributed by atoms with E-state index in [-0.39, 0.29) is 17.3 Å². The van der Waals surface area contributed by atoms with Gasteiger partial charge in [0.1, 0.15) is 0 Å². The number of rotatable bonds is 6. The molecule has 1 rings (SSSR count). The number of ketones is 1. The van der Waals surface area contributed by atoms with E-state index in [1.54, 1.807) is 17.3 Å². The average Bonchev–Trinajstić information content (AvgIpc) is 2.55. The molecular formula is C19H30N4O. The molecule has 0 aromatic carbocycles. The zero-order valence-electron chi connectivity index (χ0n) is 15.7. The molecular weight excluding hydrogens is 300 g/mol. The first-order chi connectivity index (χ1) is 11.4. The third-order valence-corrected chi connectivity index (χ3v) is 2.81. The Labute approximate surface area is 146 Å². The second-order valence-corrected chi connectivity index (χ2v) is 5.43. The van der Waals surface area contributed by atoms with E-state index in [0.29, 0.717) is 5.69 Å². The lowest BCUT2D eigenvalue weighted by molar-refractivity contribution is 0.104. The summed E-state index contributed by atoms with van der Waals surface area (Å²) in [4.78, 5) is 22.3. The lowest BCUT2D eigenvalue weighted by Crippen LogP contribution is -2.10. The summed E-state index contributed by atoms with van der Waals surface area (Å²) in [5.74, 6) is -0.106. The van der Waals surface area contributed by atoms with Gasteiger partial charge in [-0.05, 0) is 25.8 Å². The van der Waals surface area contributed by atoms with Gasteiger partial charge in [0, 0.05) is 26.4 Å². The smallest absolute Gasteiger partial charge is 0.209 e. The Morgan fingerprint density at radius 2 is 1.92 bits per heavy atom. The molecule has 1 heterocycles. The first-order valence-electron chi connectivity index (χ1n) is 8.19. The first kappa shape index (κ1) is 21.6. The minimum Gasteiger partial charge on any atom is -0.383 e. The molecule has 0 unspecified atom stereocenters. The van der Waals surface area contributed by atoms with Gasteiger partial charge in [0.15, 0.2) is 11.5 Å². The van der Waals surface area contributed by atoms with Crippen molar-refractivity contribution in [3.63, 3.8) is 0 Å². The second-order valence-electron chi connectivity index (χ2n) is 5.43. The molecule has 0 amide bonds. The molecule has 132 valence electrons. The van der Waals surface area contributed by atoms with Crippen LogP contribution in [-0.2, 0) is 0 Å². The van der Waals surface area contributed by atoms with Crippen LogP contribution in [0.3, 0.4) is 0 Å². The molecule has 0 radical (unpaired) electrons. The number of hydrogen-bond donors (Lipinski definition) is 1. The van der Waals surface area contributed by atoms with E-state index in [1.807, 2.05) is 46.2 Å². The van der Waals surface area contributed by atoms with Crippen molar-refractivity contribution in [2.75, 3.05) is 19.8 Å². The van der Waals surface area contributed by atoms with E-state index in [0.717, 1.165) is 12.0 Å². The van der Waals surface area contributed by atoms with Crippen molar-refractivity contribution in [1.82, 2.24) is 14.9 Å². The normalized spacial score (nSPS) is 11.5. The van der Waals surface area contributed by atoms with Crippen LogP contribution >= 0.6 is 0 Å². The van der Waals surface area contributed by atoms with E-state index < -0.39 is 0 Å². The van der Waals surface area contributed by atoms with Gasteiger partial charge in [-0.15, -0.1) is 0 Å². The van der Waals surface area contributed by atoms with Crippen molar-refractivity contribution in [2.45, 2.75) is 40.5 Å². The van der Waals surface area contributed by atoms with Gasteiger partial charge < -0.3 is 10.6 Å². The Balaban J connectivity index is 0.00000163. The van der Waals surface area contributed by atoms with Crippen molar-refractivity contribution in [3.05, 3.63) is 48.1 Å². The van der Waals surface area contributed by atoms with E-state index in [4.69, 9.17) is 5.73 Å². The molecule has 24 heavy (non-hydrogen) atoms. The summed E-state index contributed by atoms with van der Waals surface area (Å²) in [6, 6.07) is 0. The van der Waals surface area contributed by atoms with Crippen molar-refractivity contribution in [1.29, 1.82) is 0 Å². The fourth-order valence-electron chi connectivity index (χ4n) is 1.65. The first-order valence-corrected chi connectivity index (χ1v) is 8.19. The van der Waals surface area contributed by atoms with Gasteiger partial charge in [0.2, 0.25) is 5.78 Å². The number of aromatic nitrogens is 2. The Morgan fingerprint density at radius 1 is 1.29 bits per heavy atom. The van der Waals surface area contributed by atoms with Crippen LogP contribution in [0.15, 0.2) is 36.7 Å². The molecule has 0 aliphatic heterocycles. The molecule has 5 nitrogen and oxygen atoms in total. The predicted octanol–water partition coefficient (Wildman–Crippen LogP) is 4.10. The number of nitrogens with zero attached hydrogens (tertiary/aromatic N) is 3. The average molecular weight is 330 g/mol. The third kappa shape index (κ3) is 7.72. The maximum Gasteiger partial charge on any atom is 0.209 e. The largest absolute Gasteiger partial charge is 0.383 e. The van der Waals surface area contributed by atoms with Crippen LogP contribution in [0, 0.1) is 0 Å². The summed E-state index contributed by atoms with van der Waals surface area (Å²) in [6.45, 7) is 8.15. The van der Waals surface area contributed by atoms with Crippen LogP contribution in [0.4, 0.5) is 5.82 Å². The number of anilines is 1. The highest BCUT2D eigenvalue weighted by Gasteiger charge is 2.13. The number of nitrogen functional groups attached to an aromatic ring is 1. The van der Waals surface area contributed by atoms with Crippen molar-refractivity contribution in [2.24, 2.45) is 0 Å². The van der Waals surface area contributed by atoms with Crippen molar-refractivity contribution in [3.8, 4) is 0 Å². The summed E-state index contributed by atoms with van der Waals surface area (Å²) >= 11 is 0. The molecule has 0 aliphatic carbocycles. The summed E-state index contributed by atoms with van der Waals surface area (Å²) in [7, 11) is 3.68. The highest BCUT2D eigenvalue weighted by atomic mass is 16.1. The van der Waals surface area contributed by atoms with Crippen LogP contribution in [0.2, 0.25) is 0 Å². The van der Waals surface area contributed by atoms with Gasteiger partial charge in [-0.3, -0.25) is 4.79 Å². The number of carbonyl (C=O) groups is 1. The molecule has 1 aromatic heterocycles. The van der Waals surface area contributed by atoms with E-state index in [9.17, 15) is 4.79 Å². The zero-order chi connectivity index (χ0) is 18.5. The monoisotopic (exact) mass is 330 g/mol. The van der Waals surface area contributed by atoms with E-state index in [1.165, 1.54) is 12.5 Å². The molecule has 0 saturated heterocycles. The lowest BCUT2D eigenvalue weighted by Gasteiger charge is -2.07. The minimum absolute atomic E-state index is 0.147. The highest BCUT2D eigenvalue weighted by molar-refractivity contribution is 6.06. The highest BCUT2D eigenvalue weighted by Crippen LogP contribution is 2.18. The minimum atomic E-state index is -0.253. The zero-order valence-corrected chi connectivity index (χ0v) is 15.7. The molecule has 0 fully saturated rings. The fourth-order valence-corrected chi connectivity index (χ4v) is 1.65. The van der Waals surface area contributed by atoms with Crippen LogP contribution < -0.4 is 5.73 Å². The standard InChI is InChI=1S/C16H22N4O.C3H8/c1-5-7-8-12(6-2)13-11-18-16(17)15(19-13)14(21)9-10-20(3)4;1-3-2/h5-7,9-11H,8H2,1-4H3,(H2,17,18);3H2,1-2H3/b7-5-,10-9+,12-6+;. The summed E-state index contributed by atoms with van der Waals surface area (Å²) in [6.07, 6.45) is 12.6. The SMILES string of the molecule is C/C=C\C/C(=C\C)c1cnc(N)c(C(=O)/C=C/N(C)C)n1.CCC. The Bertz CT molecular complexity index is 601. The van der Waals surface area contributed by atoms with Crippen molar-refractivity contribution >= 4 is 17.2 Å². The Morgan fingerprint density at radius 3 is 2.42 bits per heavy atom. The van der Waals surface area contributed by atoms with Crippen LogP contribution in [0.25, 0.3) is 5.57 Å². The molecule has 0 bridgehead atoms. The maximum absolute atomic E-state index is 12.1. The molecule has 0 spiro atoms. The summed E-state index contributed by atoms with van der Waals surface area (Å²) in [5, 5.41) is 0. The molecule has 0 saturated carbocycles. The molecule has 0 atom stereocenters. The number of hydrogen-bond acceptors (Lipinski definition) is 5. The summed E-state index contributed by atoms with van der Waals surface area (Å²) < 4.78 is 0. The molecule has 5 heteroatoms. The number of allylic oxidation sites excluding steroid dienone is 5. The van der Waals surface area contributed by atoms with E-state index >= 15 is 0 Å². The van der Waals surface area contributed by atoms with E-state index in [2.05, 4.69) is 23.8 Å². The van der Waals surface area contributed by atoms with Crippen LogP contribution in [0.5, 0.6) is 0 Å². The second kappa shape index (κ2) is 12.0. The molecule has 2 N–H and O–H groups in total. The Hall–Kier alpha value is -2.43. The molecule has 0 aliphatic rings. The summed E-state index contributed by atoms with van der Waals surface area (Å²) in [5.41, 5.74) is 7.63. The van der Waals surface area contributed by atoms with Gasteiger partial charge in [-0.1, -0.05) is 38.5 Å². The van der Waals surface area contributed by atoms with Crippen LogP contribution in [0.1, 0.15) is 56.7 Å². The molecule has 1 aromatic rings. The van der Waals surface area contributed by atoms with Gasteiger partial charge in [0.05, 0.1) is 11.9 Å². The quantitative estimate of drug-likeness (QED) is 0.483. The van der Waals surface area contributed by atoms with Gasteiger partial charge >= 0.3 is 0 Å². The lowest BCUT2D eigenvalue weighted by atomic mass is 10.1. The predicted molar refractivity (Wildman–Crippen MR) is 103 cm³/mol. The Kier molecular flexibility index (Phi) is 10.8. The van der Waals surface area contributed by atoms with Gasteiger partial charge in [-0.25, -0.2) is 9.97 Å². The fraction of sp³-hybridized carbons (Fsp3) is 0.421.